The number of aliphatic carboxylic acids is 1. The number of urea groups is 1. The van der Waals surface area contributed by atoms with Crippen molar-refractivity contribution in [3.63, 3.8) is 0 Å². The second-order valence-electron chi connectivity index (χ2n) is 7.90. The first-order chi connectivity index (χ1) is 14.0. The molecule has 6 nitrogen and oxygen atoms in total. The normalized spacial score (nSPS) is 16.8. The Hall–Kier alpha value is -2.57. The van der Waals surface area contributed by atoms with Crippen LogP contribution in [0.25, 0.3) is 11.1 Å². The molecule has 0 saturated carbocycles. The SMILES string of the molecule is CN1CCc2ccc(-c3ccc(N4CCN(CCC(=O)O)C4=O)cc3)cc2CC1.Cl. The van der Waals surface area contributed by atoms with Gasteiger partial charge < -0.3 is 14.9 Å². The number of amides is 2. The molecule has 0 bridgehead atoms. The summed E-state index contributed by atoms with van der Waals surface area (Å²) < 4.78 is 0. The number of fused-ring (bicyclic) bond motifs is 1. The molecule has 4 rings (SSSR count). The molecule has 1 fully saturated rings. The molecule has 7 heteroatoms. The number of hydrogen-bond acceptors (Lipinski definition) is 3. The van der Waals surface area contributed by atoms with Crippen LogP contribution < -0.4 is 4.90 Å². The quantitative estimate of drug-likeness (QED) is 0.789. The van der Waals surface area contributed by atoms with Gasteiger partial charge in [0.15, 0.2) is 0 Å². The topological polar surface area (TPSA) is 64.1 Å². The molecular weight excluding hydrogens is 402 g/mol. The van der Waals surface area contributed by atoms with Gasteiger partial charge in [-0.15, -0.1) is 12.4 Å². The van der Waals surface area contributed by atoms with Crippen molar-refractivity contribution in [3.8, 4) is 11.1 Å². The molecule has 30 heavy (non-hydrogen) atoms. The predicted octanol–water partition coefficient (Wildman–Crippen LogP) is 3.52. The Bertz CT molecular complexity index is 916. The Morgan fingerprint density at radius 1 is 0.933 bits per heavy atom. The number of halogens is 1. The predicted molar refractivity (Wildman–Crippen MR) is 121 cm³/mol. The molecule has 2 aliphatic rings. The lowest BCUT2D eigenvalue weighted by Crippen LogP contribution is -2.33. The third-order valence-corrected chi connectivity index (χ3v) is 5.93. The number of carboxylic acid groups (broad SMARTS) is 1. The minimum absolute atomic E-state index is 0. The monoisotopic (exact) mass is 429 g/mol. The van der Waals surface area contributed by atoms with Gasteiger partial charge in [0.2, 0.25) is 0 Å². The van der Waals surface area contributed by atoms with Crippen LogP contribution in [0.4, 0.5) is 10.5 Å². The molecule has 0 unspecified atom stereocenters. The zero-order valence-corrected chi connectivity index (χ0v) is 18.0. The smallest absolute Gasteiger partial charge is 0.324 e. The van der Waals surface area contributed by atoms with Crippen molar-refractivity contribution >= 4 is 30.1 Å². The molecule has 0 radical (unpaired) electrons. The van der Waals surface area contributed by atoms with Gasteiger partial charge in [0, 0.05) is 38.4 Å². The molecule has 0 spiro atoms. The van der Waals surface area contributed by atoms with Crippen molar-refractivity contribution < 1.29 is 14.7 Å². The highest BCUT2D eigenvalue weighted by Crippen LogP contribution is 2.28. The Morgan fingerprint density at radius 3 is 2.30 bits per heavy atom. The highest BCUT2D eigenvalue weighted by molar-refractivity contribution is 5.94. The summed E-state index contributed by atoms with van der Waals surface area (Å²) in [4.78, 5) is 29.0. The average molecular weight is 430 g/mol. The third kappa shape index (κ3) is 4.77. The zero-order valence-electron chi connectivity index (χ0n) is 17.2. The summed E-state index contributed by atoms with van der Waals surface area (Å²) in [7, 11) is 2.17. The number of likely N-dealkylation sites (N-methyl/N-ethyl adjacent to an activating group) is 1. The van der Waals surface area contributed by atoms with Crippen molar-refractivity contribution in [2.24, 2.45) is 0 Å². The van der Waals surface area contributed by atoms with E-state index in [0.717, 1.165) is 37.2 Å². The fraction of sp³-hybridized carbons (Fsp3) is 0.391. The van der Waals surface area contributed by atoms with Crippen LogP contribution in [0, 0.1) is 0 Å². The maximum absolute atomic E-state index is 12.5. The first-order valence-corrected chi connectivity index (χ1v) is 10.2. The summed E-state index contributed by atoms with van der Waals surface area (Å²) in [6, 6.07) is 14.7. The van der Waals surface area contributed by atoms with E-state index in [1.54, 1.807) is 9.80 Å². The molecule has 2 aromatic rings. The summed E-state index contributed by atoms with van der Waals surface area (Å²) in [6.45, 7) is 3.60. The van der Waals surface area contributed by atoms with Crippen LogP contribution in [0.1, 0.15) is 17.5 Å². The van der Waals surface area contributed by atoms with Crippen LogP contribution in [0.2, 0.25) is 0 Å². The van der Waals surface area contributed by atoms with Gasteiger partial charge in [-0.05, 0) is 54.3 Å². The molecular formula is C23H28ClN3O3. The van der Waals surface area contributed by atoms with Crippen molar-refractivity contribution in [2.45, 2.75) is 19.3 Å². The van der Waals surface area contributed by atoms with E-state index < -0.39 is 5.97 Å². The van der Waals surface area contributed by atoms with Crippen LogP contribution in [0.5, 0.6) is 0 Å². The van der Waals surface area contributed by atoms with Gasteiger partial charge in [-0.1, -0.05) is 30.3 Å². The number of carboxylic acids is 1. The Kier molecular flexibility index (Phi) is 7.00. The lowest BCUT2D eigenvalue weighted by molar-refractivity contribution is -0.137. The first-order valence-electron chi connectivity index (χ1n) is 10.2. The lowest BCUT2D eigenvalue weighted by Gasteiger charge is -2.18. The molecule has 160 valence electrons. The summed E-state index contributed by atoms with van der Waals surface area (Å²) in [5, 5.41) is 8.83. The number of anilines is 1. The second kappa shape index (κ2) is 9.49. The number of rotatable bonds is 5. The Labute approximate surface area is 183 Å². The summed E-state index contributed by atoms with van der Waals surface area (Å²) in [5.74, 6) is -0.881. The van der Waals surface area contributed by atoms with Crippen molar-refractivity contribution in [3.05, 3.63) is 53.6 Å². The van der Waals surface area contributed by atoms with E-state index in [4.69, 9.17) is 5.11 Å². The van der Waals surface area contributed by atoms with Crippen LogP contribution in [-0.4, -0.2) is 66.7 Å². The number of benzene rings is 2. The van der Waals surface area contributed by atoms with E-state index in [0.29, 0.717) is 13.1 Å². The molecule has 2 heterocycles. The van der Waals surface area contributed by atoms with E-state index in [-0.39, 0.29) is 31.4 Å². The first kappa shape index (κ1) is 22.1. The van der Waals surface area contributed by atoms with Crippen molar-refractivity contribution in [1.29, 1.82) is 0 Å². The standard InChI is InChI=1S/C23H27N3O3.ClH/c1-24-11-8-18-2-3-19(16-20(18)9-12-24)17-4-6-21(7-5-17)26-15-14-25(23(26)29)13-10-22(27)28;/h2-7,16H,8-15H2,1H3,(H,27,28);1H. The van der Waals surface area contributed by atoms with E-state index in [1.165, 1.54) is 16.7 Å². The fourth-order valence-electron chi connectivity index (χ4n) is 4.11. The highest BCUT2D eigenvalue weighted by Gasteiger charge is 2.29. The maximum Gasteiger partial charge on any atom is 0.324 e. The second-order valence-corrected chi connectivity index (χ2v) is 7.90. The fourth-order valence-corrected chi connectivity index (χ4v) is 4.11. The largest absolute Gasteiger partial charge is 0.481 e. The van der Waals surface area contributed by atoms with Gasteiger partial charge in [0.05, 0.1) is 6.42 Å². The zero-order chi connectivity index (χ0) is 20.4. The lowest BCUT2D eigenvalue weighted by atomic mass is 9.96. The Morgan fingerprint density at radius 2 is 1.60 bits per heavy atom. The highest BCUT2D eigenvalue weighted by atomic mass is 35.5. The van der Waals surface area contributed by atoms with Gasteiger partial charge in [-0.25, -0.2) is 4.79 Å². The van der Waals surface area contributed by atoms with Crippen LogP contribution in [-0.2, 0) is 17.6 Å². The number of nitrogens with zero attached hydrogens (tertiary/aromatic N) is 3. The molecule has 0 aliphatic carbocycles. The summed E-state index contributed by atoms with van der Waals surface area (Å²) in [5.41, 5.74) is 6.07. The van der Waals surface area contributed by atoms with Crippen molar-refractivity contribution in [2.75, 3.05) is 44.7 Å². The van der Waals surface area contributed by atoms with Crippen LogP contribution in [0.15, 0.2) is 42.5 Å². The maximum atomic E-state index is 12.5. The van der Waals surface area contributed by atoms with E-state index in [1.807, 2.05) is 12.1 Å². The van der Waals surface area contributed by atoms with E-state index in [2.05, 4.69) is 42.3 Å². The Balaban J connectivity index is 0.00000256. The van der Waals surface area contributed by atoms with Crippen LogP contribution in [0.3, 0.4) is 0 Å². The van der Waals surface area contributed by atoms with Gasteiger partial charge in [0.25, 0.3) is 0 Å². The molecule has 2 amide bonds. The van der Waals surface area contributed by atoms with Gasteiger partial charge >= 0.3 is 12.0 Å². The number of hydrogen-bond donors (Lipinski definition) is 1. The number of carbonyl (C=O) groups is 2. The molecule has 2 aromatic carbocycles. The minimum atomic E-state index is -0.881. The van der Waals surface area contributed by atoms with Gasteiger partial charge in [0.1, 0.15) is 0 Å². The molecule has 1 saturated heterocycles. The summed E-state index contributed by atoms with van der Waals surface area (Å²) in [6.07, 6.45) is 2.15. The van der Waals surface area contributed by atoms with Crippen molar-refractivity contribution in [1.82, 2.24) is 9.80 Å². The summed E-state index contributed by atoms with van der Waals surface area (Å²) >= 11 is 0. The minimum Gasteiger partial charge on any atom is -0.481 e. The van der Waals surface area contributed by atoms with Gasteiger partial charge in [-0.2, -0.15) is 0 Å². The average Bonchev–Trinajstić information content (AvgIpc) is 2.98. The van der Waals surface area contributed by atoms with E-state index >= 15 is 0 Å². The molecule has 0 atom stereocenters. The number of carbonyl (C=O) groups excluding carboxylic acids is 1. The molecule has 1 N–H and O–H groups in total. The molecule has 2 aliphatic heterocycles. The molecule has 0 aromatic heterocycles. The van der Waals surface area contributed by atoms with Crippen LogP contribution >= 0.6 is 12.4 Å². The van der Waals surface area contributed by atoms with E-state index in [9.17, 15) is 9.59 Å². The van der Waals surface area contributed by atoms with Gasteiger partial charge in [-0.3, -0.25) is 9.69 Å². The third-order valence-electron chi connectivity index (χ3n) is 5.93.